The van der Waals surface area contributed by atoms with Crippen molar-refractivity contribution < 1.29 is 14.3 Å². The van der Waals surface area contributed by atoms with E-state index in [-0.39, 0.29) is 12.5 Å². The average Bonchev–Trinajstić information content (AvgIpc) is 2.78. The topological polar surface area (TPSA) is 42.0 Å². The van der Waals surface area contributed by atoms with Gasteiger partial charge in [-0.25, -0.2) is 0 Å². The van der Waals surface area contributed by atoms with E-state index in [1.165, 1.54) is 0 Å². The number of likely N-dealkylation sites (N-methyl/N-ethyl adjacent to an activating group) is 1. The van der Waals surface area contributed by atoms with Gasteiger partial charge in [-0.05, 0) is 41.5 Å². The van der Waals surface area contributed by atoms with Gasteiger partial charge in [0.1, 0.15) is 18.2 Å². The monoisotopic (exact) mass is 390 g/mol. The van der Waals surface area contributed by atoms with Gasteiger partial charge >= 0.3 is 0 Å². The van der Waals surface area contributed by atoms with E-state index in [9.17, 15) is 4.79 Å². The number of carbonyl (C=O) groups is 1. The number of allylic oxidation sites excluding steroid dienone is 2. The first-order valence-corrected chi connectivity index (χ1v) is 9.46. The van der Waals surface area contributed by atoms with Crippen LogP contribution in [0.5, 0.6) is 5.75 Å². The van der Waals surface area contributed by atoms with Crippen LogP contribution in [0.2, 0.25) is 0 Å². The van der Waals surface area contributed by atoms with Crippen molar-refractivity contribution in [2.45, 2.75) is 6.61 Å². The van der Waals surface area contributed by atoms with Gasteiger partial charge in [-0.1, -0.05) is 49.1 Å². The number of carbonyl (C=O) groups excluding carboxylic acids is 1. The standard InChI is InChI=1S/C24H26N2O3/c1-19(25(2)24(27)18-29-17-20-9-5-4-6-10-20)26-16-8-7-11-23(26)21-12-14-22(28-3)15-13-21/h4-15H,1,16-18H2,2-3H3. The van der Waals surface area contributed by atoms with Gasteiger partial charge in [0.25, 0.3) is 5.91 Å². The maximum absolute atomic E-state index is 12.6. The molecule has 0 spiro atoms. The molecule has 0 aromatic heterocycles. The molecule has 5 heteroatoms. The Kier molecular flexibility index (Phi) is 6.87. The minimum absolute atomic E-state index is 0.00429. The van der Waals surface area contributed by atoms with Crippen molar-refractivity contribution in [1.82, 2.24) is 9.80 Å². The lowest BCUT2D eigenvalue weighted by Crippen LogP contribution is -2.38. The van der Waals surface area contributed by atoms with E-state index in [0.29, 0.717) is 19.0 Å². The van der Waals surface area contributed by atoms with Gasteiger partial charge in [0.05, 0.1) is 13.7 Å². The van der Waals surface area contributed by atoms with Crippen molar-refractivity contribution in [3.63, 3.8) is 0 Å². The first kappa shape index (κ1) is 20.4. The van der Waals surface area contributed by atoms with Gasteiger partial charge < -0.3 is 14.4 Å². The molecule has 0 fully saturated rings. The van der Waals surface area contributed by atoms with E-state index < -0.39 is 0 Å². The second-order valence-electron chi connectivity index (χ2n) is 6.67. The van der Waals surface area contributed by atoms with Gasteiger partial charge in [0.15, 0.2) is 0 Å². The second kappa shape index (κ2) is 9.75. The number of nitrogens with zero attached hydrogens (tertiary/aromatic N) is 2. The van der Waals surface area contributed by atoms with Crippen molar-refractivity contribution in [3.05, 3.63) is 96.4 Å². The van der Waals surface area contributed by atoms with Crippen LogP contribution in [0.25, 0.3) is 5.70 Å². The molecule has 0 saturated heterocycles. The van der Waals surface area contributed by atoms with Gasteiger partial charge in [0, 0.05) is 19.3 Å². The van der Waals surface area contributed by atoms with E-state index in [1.54, 1.807) is 19.1 Å². The Morgan fingerprint density at radius 2 is 1.86 bits per heavy atom. The molecule has 0 bridgehead atoms. The highest BCUT2D eigenvalue weighted by Crippen LogP contribution is 2.28. The Hall–Kier alpha value is -3.31. The predicted molar refractivity (Wildman–Crippen MR) is 115 cm³/mol. The van der Waals surface area contributed by atoms with Crippen molar-refractivity contribution in [1.29, 1.82) is 0 Å². The fourth-order valence-electron chi connectivity index (χ4n) is 3.02. The van der Waals surface area contributed by atoms with Crippen molar-refractivity contribution in [3.8, 4) is 5.75 Å². The number of benzene rings is 2. The average molecular weight is 390 g/mol. The molecule has 1 amide bonds. The summed E-state index contributed by atoms with van der Waals surface area (Å²) >= 11 is 0. The van der Waals surface area contributed by atoms with Crippen molar-refractivity contribution >= 4 is 11.6 Å². The Morgan fingerprint density at radius 1 is 1.14 bits per heavy atom. The molecule has 0 N–H and O–H groups in total. The summed E-state index contributed by atoms with van der Waals surface area (Å²) in [6.45, 7) is 5.18. The van der Waals surface area contributed by atoms with E-state index in [4.69, 9.17) is 9.47 Å². The fourth-order valence-corrected chi connectivity index (χ4v) is 3.02. The summed E-state index contributed by atoms with van der Waals surface area (Å²) in [5, 5.41) is 0. The number of amides is 1. The lowest BCUT2D eigenvalue weighted by molar-refractivity contribution is -0.134. The van der Waals surface area contributed by atoms with Crippen LogP contribution in [0.15, 0.2) is 85.2 Å². The summed E-state index contributed by atoms with van der Waals surface area (Å²) in [4.78, 5) is 16.2. The van der Waals surface area contributed by atoms with Gasteiger partial charge in [-0.15, -0.1) is 0 Å². The summed E-state index contributed by atoms with van der Waals surface area (Å²) in [5.41, 5.74) is 3.04. The van der Waals surface area contributed by atoms with Crippen LogP contribution in [0.3, 0.4) is 0 Å². The maximum Gasteiger partial charge on any atom is 0.253 e. The summed E-state index contributed by atoms with van der Waals surface area (Å²) < 4.78 is 10.8. The molecule has 1 aliphatic heterocycles. The molecule has 1 aliphatic rings. The smallest absolute Gasteiger partial charge is 0.253 e. The first-order valence-electron chi connectivity index (χ1n) is 9.46. The van der Waals surface area contributed by atoms with E-state index in [0.717, 1.165) is 22.6 Å². The molecule has 0 radical (unpaired) electrons. The normalized spacial score (nSPS) is 13.0. The summed E-state index contributed by atoms with van der Waals surface area (Å²) in [5.74, 6) is 1.26. The van der Waals surface area contributed by atoms with Crippen LogP contribution in [-0.4, -0.2) is 43.0 Å². The van der Waals surface area contributed by atoms with Crippen molar-refractivity contribution in [2.75, 3.05) is 27.3 Å². The Morgan fingerprint density at radius 3 is 2.55 bits per heavy atom. The molecule has 1 heterocycles. The van der Waals surface area contributed by atoms with Crippen LogP contribution >= 0.6 is 0 Å². The van der Waals surface area contributed by atoms with E-state index in [1.807, 2.05) is 77.7 Å². The summed E-state index contributed by atoms with van der Waals surface area (Å²) in [6, 6.07) is 17.6. The molecular weight excluding hydrogens is 364 g/mol. The molecule has 3 rings (SSSR count). The van der Waals surface area contributed by atoms with Crippen LogP contribution < -0.4 is 4.74 Å². The molecule has 2 aromatic carbocycles. The largest absolute Gasteiger partial charge is 0.497 e. The minimum atomic E-state index is -0.144. The fraction of sp³-hybridized carbons (Fsp3) is 0.208. The predicted octanol–water partition coefficient (Wildman–Crippen LogP) is 4.05. The molecule has 5 nitrogen and oxygen atoms in total. The quantitative estimate of drug-likeness (QED) is 0.682. The highest BCUT2D eigenvalue weighted by atomic mass is 16.5. The SMILES string of the molecule is C=C(N(C)C(=O)COCc1ccccc1)N1CC=CC=C1c1ccc(OC)cc1. The van der Waals surface area contributed by atoms with E-state index >= 15 is 0 Å². The molecule has 0 saturated carbocycles. The molecular formula is C24H26N2O3. The van der Waals surface area contributed by atoms with Gasteiger partial charge in [-0.3, -0.25) is 9.69 Å². The minimum Gasteiger partial charge on any atom is -0.497 e. The molecule has 150 valence electrons. The third-order valence-corrected chi connectivity index (χ3v) is 4.76. The molecule has 29 heavy (non-hydrogen) atoms. The van der Waals surface area contributed by atoms with Crippen LogP contribution in [0.1, 0.15) is 11.1 Å². The molecule has 0 aliphatic carbocycles. The van der Waals surface area contributed by atoms with E-state index in [2.05, 4.69) is 6.58 Å². The third-order valence-electron chi connectivity index (χ3n) is 4.76. The molecule has 0 unspecified atom stereocenters. The maximum atomic E-state index is 12.6. The van der Waals surface area contributed by atoms with Crippen molar-refractivity contribution in [2.24, 2.45) is 0 Å². The lowest BCUT2D eigenvalue weighted by Gasteiger charge is -2.34. The number of rotatable bonds is 8. The number of methoxy groups -OCH3 is 1. The Bertz CT molecular complexity index is 901. The van der Waals surface area contributed by atoms with Gasteiger partial charge in [0.2, 0.25) is 0 Å². The zero-order valence-electron chi connectivity index (χ0n) is 16.9. The highest BCUT2D eigenvalue weighted by Gasteiger charge is 2.22. The summed E-state index contributed by atoms with van der Waals surface area (Å²) in [7, 11) is 3.37. The molecule has 2 aromatic rings. The highest BCUT2D eigenvalue weighted by molar-refractivity contribution is 5.79. The third kappa shape index (κ3) is 5.15. The molecule has 0 atom stereocenters. The Labute approximate surface area is 172 Å². The first-order chi connectivity index (χ1) is 14.1. The number of hydrogen-bond acceptors (Lipinski definition) is 4. The van der Waals surface area contributed by atoms with Crippen LogP contribution in [0, 0.1) is 0 Å². The zero-order chi connectivity index (χ0) is 20.6. The Balaban J connectivity index is 1.63. The zero-order valence-corrected chi connectivity index (χ0v) is 16.9. The van der Waals surface area contributed by atoms with Gasteiger partial charge in [-0.2, -0.15) is 0 Å². The van der Waals surface area contributed by atoms with Crippen LogP contribution in [0.4, 0.5) is 0 Å². The number of hydrogen-bond donors (Lipinski definition) is 0. The number of ether oxygens (including phenoxy) is 2. The van der Waals surface area contributed by atoms with Crippen LogP contribution in [-0.2, 0) is 16.1 Å². The summed E-state index contributed by atoms with van der Waals surface area (Å²) in [6.07, 6.45) is 6.05. The lowest BCUT2D eigenvalue weighted by atomic mass is 10.1. The second-order valence-corrected chi connectivity index (χ2v) is 6.67.